The van der Waals surface area contributed by atoms with E-state index in [1.165, 1.54) is 29.2 Å². The molecule has 2 aromatic rings. The van der Waals surface area contributed by atoms with Crippen LogP contribution in [0, 0.1) is 0 Å². The fourth-order valence-corrected chi connectivity index (χ4v) is 4.53. The van der Waals surface area contributed by atoms with Crippen molar-refractivity contribution in [2.75, 3.05) is 66.6 Å². The molecule has 2 aromatic carbocycles. The van der Waals surface area contributed by atoms with Crippen molar-refractivity contribution < 1.29 is 36.6 Å². The van der Waals surface area contributed by atoms with Crippen LogP contribution < -0.4 is 20.1 Å². The molecule has 0 saturated heterocycles. The monoisotopic (exact) mass is 698 g/mol. The smallest absolute Gasteiger partial charge is 0.285 e. The normalized spacial score (nSPS) is 11.4. The summed E-state index contributed by atoms with van der Waals surface area (Å²) >= 11 is 0. The van der Waals surface area contributed by atoms with E-state index in [2.05, 4.69) is 17.6 Å². The van der Waals surface area contributed by atoms with Crippen LogP contribution in [0.25, 0.3) is 0 Å². The molecule has 49 heavy (non-hydrogen) atoms. The molecule has 0 heterocycles. The van der Waals surface area contributed by atoms with Crippen molar-refractivity contribution in [2.24, 2.45) is 0 Å². The van der Waals surface area contributed by atoms with E-state index in [4.69, 9.17) is 9.47 Å². The van der Waals surface area contributed by atoms with Gasteiger partial charge in [-0.25, -0.2) is 0 Å². The zero-order valence-corrected chi connectivity index (χ0v) is 30.3. The predicted molar refractivity (Wildman–Crippen MR) is 188 cm³/mol. The van der Waals surface area contributed by atoms with E-state index < -0.39 is 24.9 Å². The minimum absolute atomic E-state index is 0.0811. The first-order valence-electron chi connectivity index (χ1n) is 17.4. The van der Waals surface area contributed by atoms with Crippen LogP contribution in [-0.4, -0.2) is 88.2 Å². The molecule has 0 aliphatic carbocycles. The molecule has 0 aliphatic rings. The SMILES string of the molecule is CCCCCOc1cccc(C(F)(F)CNCC(=O)N(C)C)c1.CCCCOc1cccc(C(F)(F)CNCC(=O)N(CCC)CCC)c1. The van der Waals surface area contributed by atoms with Gasteiger partial charge in [0.05, 0.1) is 39.4 Å². The number of ether oxygens (including phenoxy) is 2. The summed E-state index contributed by atoms with van der Waals surface area (Å²) in [7, 11) is 3.17. The second-order valence-electron chi connectivity index (χ2n) is 12.1. The second kappa shape index (κ2) is 23.9. The topological polar surface area (TPSA) is 83.1 Å². The van der Waals surface area contributed by atoms with E-state index in [0.717, 1.165) is 44.9 Å². The van der Waals surface area contributed by atoms with Crippen molar-refractivity contribution in [1.29, 1.82) is 0 Å². The highest BCUT2D eigenvalue weighted by Gasteiger charge is 2.32. The molecular formula is C37H58F4N4O4. The van der Waals surface area contributed by atoms with Crippen molar-refractivity contribution in [3.63, 3.8) is 0 Å². The molecule has 0 aliphatic heterocycles. The lowest BCUT2D eigenvalue weighted by atomic mass is 10.1. The lowest BCUT2D eigenvalue weighted by molar-refractivity contribution is -0.130. The van der Waals surface area contributed by atoms with Gasteiger partial charge in [-0.2, -0.15) is 17.6 Å². The van der Waals surface area contributed by atoms with Crippen molar-refractivity contribution in [1.82, 2.24) is 20.4 Å². The summed E-state index contributed by atoms with van der Waals surface area (Å²) in [4.78, 5) is 26.6. The number of hydrogen-bond acceptors (Lipinski definition) is 6. The van der Waals surface area contributed by atoms with E-state index in [1.807, 2.05) is 20.8 Å². The van der Waals surface area contributed by atoms with Gasteiger partial charge in [0, 0.05) is 38.3 Å². The van der Waals surface area contributed by atoms with Crippen LogP contribution in [0.1, 0.15) is 83.8 Å². The lowest BCUT2D eigenvalue weighted by Crippen LogP contribution is -2.41. The zero-order chi connectivity index (χ0) is 36.7. The fourth-order valence-electron chi connectivity index (χ4n) is 4.53. The van der Waals surface area contributed by atoms with Crippen LogP contribution in [0.15, 0.2) is 48.5 Å². The average molecular weight is 699 g/mol. The highest BCUT2D eigenvalue weighted by Crippen LogP contribution is 2.31. The van der Waals surface area contributed by atoms with Crippen LogP contribution in [0.5, 0.6) is 11.5 Å². The first kappa shape index (κ1) is 43.6. The molecule has 0 bridgehead atoms. The Labute approximate surface area is 290 Å². The Kier molecular flexibility index (Phi) is 21.3. The number of benzene rings is 2. The maximum atomic E-state index is 14.4. The Morgan fingerprint density at radius 2 is 1.10 bits per heavy atom. The van der Waals surface area contributed by atoms with Crippen molar-refractivity contribution in [3.05, 3.63) is 59.7 Å². The number of nitrogens with zero attached hydrogens (tertiary/aromatic N) is 2. The van der Waals surface area contributed by atoms with E-state index >= 15 is 0 Å². The number of alkyl halides is 4. The van der Waals surface area contributed by atoms with E-state index in [9.17, 15) is 27.2 Å². The molecule has 0 unspecified atom stereocenters. The van der Waals surface area contributed by atoms with Crippen LogP contribution in [-0.2, 0) is 21.4 Å². The Hall–Kier alpha value is -3.38. The molecule has 2 rings (SSSR count). The third-order valence-electron chi connectivity index (χ3n) is 7.38. The summed E-state index contributed by atoms with van der Waals surface area (Å²) in [5.41, 5.74) is -0.222. The maximum absolute atomic E-state index is 14.4. The summed E-state index contributed by atoms with van der Waals surface area (Å²) in [6, 6.07) is 12.0. The van der Waals surface area contributed by atoms with E-state index in [0.29, 0.717) is 37.8 Å². The number of nitrogens with one attached hydrogen (secondary N) is 2. The standard InChI is InChI=1S/C20H32F2N2O2.C17H26F2N2O2/c1-4-7-13-26-18-10-8-9-17(14-18)20(21,22)16-23-15-19(25)24(11-5-2)12-6-3;1-4-5-6-10-23-15-9-7-8-14(11-15)17(18,19)13-20-12-16(22)21(2)3/h8-10,14,23H,4-7,11-13,15-16H2,1-3H3;7-9,11,20H,4-6,10,12-13H2,1-3H3. The molecule has 0 fully saturated rings. The van der Waals surface area contributed by atoms with Crippen LogP contribution in [0.2, 0.25) is 0 Å². The Balaban J connectivity index is 0.000000494. The largest absolute Gasteiger partial charge is 0.494 e. The summed E-state index contributed by atoms with van der Waals surface area (Å²) in [6.45, 7) is 9.11. The Bertz CT molecular complexity index is 1210. The van der Waals surface area contributed by atoms with Gasteiger partial charge in [-0.15, -0.1) is 0 Å². The maximum Gasteiger partial charge on any atom is 0.285 e. The molecule has 12 heteroatoms. The number of hydrogen-bond donors (Lipinski definition) is 2. The molecule has 2 N–H and O–H groups in total. The van der Waals surface area contributed by atoms with Gasteiger partial charge >= 0.3 is 0 Å². The van der Waals surface area contributed by atoms with E-state index in [1.54, 1.807) is 43.3 Å². The molecule has 278 valence electrons. The van der Waals surface area contributed by atoms with Gasteiger partial charge in [0.2, 0.25) is 11.8 Å². The molecule has 0 spiro atoms. The third kappa shape index (κ3) is 17.7. The Morgan fingerprint density at radius 3 is 1.53 bits per heavy atom. The van der Waals surface area contributed by atoms with Crippen LogP contribution >= 0.6 is 0 Å². The van der Waals surface area contributed by atoms with E-state index in [-0.39, 0.29) is 36.0 Å². The van der Waals surface area contributed by atoms with Crippen molar-refractivity contribution >= 4 is 11.8 Å². The predicted octanol–water partition coefficient (Wildman–Crippen LogP) is 7.22. The minimum Gasteiger partial charge on any atom is -0.494 e. The fraction of sp³-hybridized carbons (Fsp3) is 0.622. The Morgan fingerprint density at radius 1 is 0.653 bits per heavy atom. The zero-order valence-electron chi connectivity index (χ0n) is 30.3. The number of amides is 2. The number of rotatable bonds is 23. The van der Waals surface area contributed by atoms with Gasteiger partial charge < -0.3 is 29.9 Å². The number of halogens is 4. The summed E-state index contributed by atoms with van der Waals surface area (Å²) < 4.78 is 68.2. The molecule has 0 aromatic heterocycles. The molecular weight excluding hydrogens is 640 g/mol. The molecule has 0 atom stereocenters. The number of unbranched alkanes of at least 4 members (excludes halogenated alkanes) is 3. The summed E-state index contributed by atoms with van der Waals surface area (Å²) in [6.07, 6.45) is 6.63. The van der Waals surface area contributed by atoms with Gasteiger partial charge in [0.15, 0.2) is 0 Å². The molecule has 8 nitrogen and oxygen atoms in total. The molecule has 0 radical (unpaired) electrons. The van der Waals surface area contributed by atoms with Gasteiger partial charge in [-0.3, -0.25) is 9.59 Å². The van der Waals surface area contributed by atoms with Crippen molar-refractivity contribution in [2.45, 2.75) is 84.5 Å². The summed E-state index contributed by atoms with van der Waals surface area (Å²) in [5, 5.41) is 5.11. The molecule has 0 saturated carbocycles. The quantitative estimate of drug-likeness (QED) is 0.0943. The van der Waals surface area contributed by atoms with Gasteiger partial charge in [-0.1, -0.05) is 71.2 Å². The van der Waals surface area contributed by atoms with Gasteiger partial charge in [-0.05, 0) is 49.9 Å². The first-order valence-corrected chi connectivity index (χ1v) is 17.4. The average Bonchev–Trinajstić information content (AvgIpc) is 3.07. The minimum atomic E-state index is -3.06. The van der Waals surface area contributed by atoms with Crippen LogP contribution in [0.3, 0.4) is 0 Å². The lowest BCUT2D eigenvalue weighted by Gasteiger charge is -2.23. The number of carbonyl (C=O) groups is 2. The first-order chi connectivity index (χ1) is 23.3. The third-order valence-corrected chi connectivity index (χ3v) is 7.38. The van der Waals surface area contributed by atoms with Crippen LogP contribution in [0.4, 0.5) is 17.6 Å². The van der Waals surface area contributed by atoms with Gasteiger partial charge in [0.1, 0.15) is 11.5 Å². The van der Waals surface area contributed by atoms with Crippen molar-refractivity contribution in [3.8, 4) is 11.5 Å². The molecule has 2 amide bonds. The second-order valence-corrected chi connectivity index (χ2v) is 12.1. The van der Waals surface area contributed by atoms with Gasteiger partial charge in [0.25, 0.3) is 11.8 Å². The number of likely N-dealkylation sites (N-methyl/N-ethyl adjacent to an activating group) is 1. The number of carbonyl (C=O) groups excluding carboxylic acids is 2. The summed E-state index contributed by atoms with van der Waals surface area (Å²) in [5.74, 6) is -5.61. The highest BCUT2D eigenvalue weighted by molar-refractivity contribution is 5.78. The highest BCUT2D eigenvalue weighted by atomic mass is 19.3.